The molecule has 0 bridgehead atoms. The van der Waals surface area contributed by atoms with E-state index in [2.05, 4.69) is 12.2 Å². The van der Waals surface area contributed by atoms with E-state index in [-0.39, 0.29) is 5.92 Å². The average molecular weight is 215 g/mol. The summed E-state index contributed by atoms with van der Waals surface area (Å²) >= 11 is 0. The summed E-state index contributed by atoms with van der Waals surface area (Å²) in [7, 11) is 0. The van der Waals surface area contributed by atoms with Crippen molar-refractivity contribution < 1.29 is 4.39 Å². The van der Waals surface area contributed by atoms with Crippen molar-refractivity contribution in [2.24, 2.45) is 5.92 Å². The van der Waals surface area contributed by atoms with Gasteiger partial charge >= 0.3 is 0 Å². The zero-order valence-electron chi connectivity index (χ0n) is 10.3. The molecule has 0 spiro atoms. The summed E-state index contributed by atoms with van der Waals surface area (Å²) in [5.74, 6) is 0.243. The molecule has 2 heteroatoms. The molecule has 0 aromatic rings. The Bertz CT molecular complexity index is 162. The number of piperidine rings is 1. The van der Waals surface area contributed by atoms with Gasteiger partial charge in [0.1, 0.15) is 5.67 Å². The van der Waals surface area contributed by atoms with Crippen LogP contribution >= 0.6 is 0 Å². The van der Waals surface area contributed by atoms with E-state index in [0.29, 0.717) is 0 Å². The first-order valence-corrected chi connectivity index (χ1v) is 6.56. The van der Waals surface area contributed by atoms with Crippen molar-refractivity contribution in [2.75, 3.05) is 13.1 Å². The molecule has 90 valence electrons. The standard InChI is InChI=1S/C13H26FN/c1-3-4-5-6-9-13(2,14)12-8-7-10-15-11-12/h12,15H,3-11H2,1-2H3. The molecule has 1 rings (SSSR count). The van der Waals surface area contributed by atoms with Crippen molar-refractivity contribution in [2.45, 2.75) is 64.5 Å². The average Bonchev–Trinajstić information content (AvgIpc) is 2.26. The van der Waals surface area contributed by atoms with E-state index in [1.54, 1.807) is 6.92 Å². The second-order valence-corrected chi connectivity index (χ2v) is 5.13. The van der Waals surface area contributed by atoms with Crippen LogP contribution < -0.4 is 5.32 Å². The van der Waals surface area contributed by atoms with E-state index < -0.39 is 5.67 Å². The number of alkyl halides is 1. The molecule has 0 aromatic carbocycles. The Morgan fingerprint density at radius 3 is 2.73 bits per heavy atom. The fraction of sp³-hybridized carbons (Fsp3) is 1.00. The molecule has 1 nitrogen and oxygen atoms in total. The van der Waals surface area contributed by atoms with Gasteiger partial charge in [-0.05, 0) is 32.7 Å². The summed E-state index contributed by atoms with van der Waals surface area (Å²) in [6, 6.07) is 0. The lowest BCUT2D eigenvalue weighted by Gasteiger charge is -2.34. The summed E-state index contributed by atoms with van der Waals surface area (Å²) in [5.41, 5.74) is -0.943. The lowest BCUT2D eigenvalue weighted by Crippen LogP contribution is -2.41. The molecule has 0 aromatic heterocycles. The Hall–Kier alpha value is -0.110. The molecule has 1 fully saturated rings. The minimum Gasteiger partial charge on any atom is -0.316 e. The number of hydrogen-bond acceptors (Lipinski definition) is 1. The van der Waals surface area contributed by atoms with Gasteiger partial charge in [-0.25, -0.2) is 4.39 Å². The van der Waals surface area contributed by atoms with Gasteiger partial charge in [-0.15, -0.1) is 0 Å². The first-order chi connectivity index (χ1) is 7.17. The molecule has 15 heavy (non-hydrogen) atoms. The SMILES string of the molecule is CCCCCCC(C)(F)C1CCCNC1. The molecule has 0 aliphatic carbocycles. The summed E-state index contributed by atoms with van der Waals surface area (Å²) in [6.07, 6.45) is 7.67. The summed E-state index contributed by atoms with van der Waals surface area (Å²) in [6.45, 7) is 5.94. The second-order valence-electron chi connectivity index (χ2n) is 5.13. The van der Waals surface area contributed by atoms with Gasteiger partial charge in [0.25, 0.3) is 0 Å². The number of halogens is 1. The molecule has 1 aliphatic heterocycles. The molecule has 0 amide bonds. The smallest absolute Gasteiger partial charge is 0.112 e. The third-order valence-electron chi connectivity index (χ3n) is 3.67. The molecule has 1 N–H and O–H groups in total. The van der Waals surface area contributed by atoms with Gasteiger partial charge < -0.3 is 5.32 Å². The predicted octanol–water partition coefficient (Wildman–Crippen LogP) is 3.68. The minimum absolute atomic E-state index is 0.243. The van der Waals surface area contributed by atoms with Gasteiger partial charge in [-0.2, -0.15) is 0 Å². The van der Waals surface area contributed by atoms with Gasteiger partial charge in [-0.3, -0.25) is 0 Å². The summed E-state index contributed by atoms with van der Waals surface area (Å²) < 4.78 is 14.4. The van der Waals surface area contributed by atoms with Crippen LogP contribution in [0.25, 0.3) is 0 Å². The fourth-order valence-corrected chi connectivity index (χ4v) is 2.47. The van der Waals surface area contributed by atoms with E-state index >= 15 is 0 Å². The third kappa shape index (κ3) is 4.50. The molecular weight excluding hydrogens is 189 g/mol. The van der Waals surface area contributed by atoms with Gasteiger partial charge in [-0.1, -0.05) is 32.6 Å². The third-order valence-corrected chi connectivity index (χ3v) is 3.67. The topological polar surface area (TPSA) is 12.0 Å². The monoisotopic (exact) mass is 215 g/mol. The van der Waals surface area contributed by atoms with Crippen LogP contribution in [0.5, 0.6) is 0 Å². The Morgan fingerprint density at radius 1 is 1.33 bits per heavy atom. The van der Waals surface area contributed by atoms with Crippen LogP contribution in [0.1, 0.15) is 58.8 Å². The number of hydrogen-bond donors (Lipinski definition) is 1. The Labute approximate surface area is 93.8 Å². The highest BCUT2D eigenvalue weighted by Crippen LogP contribution is 2.32. The maximum absolute atomic E-state index is 14.4. The van der Waals surface area contributed by atoms with E-state index in [1.165, 1.54) is 19.3 Å². The zero-order valence-corrected chi connectivity index (χ0v) is 10.3. The van der Waals surface area contributed by atoms with Crippen LogP contribution in [-0.2, 0) is 0 Å². The quantitative estimate of drug-likeness (QED) is 0.666. The van der Waals surface area contributed by atoms with E-state index in [0.717, 1.165) is 38.8 Å². The van der Waals surface area contributed by atoms with Crippen molar-refractivity contribution in [3.8, 4) is 0 Å². The van der Waals surface area contributed by atoms with Gasteiger partial charge in [0.05, 0.1) is 0 Å². The molecule has 2 unspecified atom stereocenters. The van der Waals surface area contributed by atoms with Gasteiger partial charge in [0.2, 0.25) is 0 Å². The minimum atomic E-state index is -0.943. The first kappa shape index (κ1) is 13.0. The van der Waals surface area contributed by atoms with Crippen LogP contribution in [0.2, 0.25) is 0 Å². The van der Waals surface area contributed by atoms with Crippen LogP contribution in [0.3, 0.4) is 0 Å². The second kappa shape index (κ2) is 6.47. The molecule has 1 aliphatic rings. The Kier molecular flexibility index (Phi) is 5.59. The summed E-state index contributed by atoms with van der Waals surface area (Å²) in [4.78, 5) is 0. The van der Waals surface area contributed by atoms with Crippen molar-refractivity contribution in [3.63, 3.8) is 0 Å². The normalized spacial score (nSPS) is 26.2. The molecule has 1 saturated heterocycles. The molecule has 2 atom stereocenters. The Morgan fingerprint density at radius 2 is 2.13 bits per heavy atom. The van der Waals surface area contributed by atoms with Crippen LogP contribution in [0.4, 0.5) is 4.39 Å². The molecule has 1 heterocycles. The maximum atomic E-state index is 14.4. The van der Waals surface area contributed by atoms with E-state index in [9.17, 15) is 4.39 Å². The number of nitrogens with one attached hydrogen (secondary N) is 1. The highest BCUT2D eigenvalue weighted by molar-refractivity contribution is 4.86. The van der Waals surface area contributed by atoms with Crippen LogP contribution in [0, 0.1) is 5.92 Å². The molecule has 0 radical (unpaired) electrons. The van der Waals surface area contributed by atoms with Crippen LogP contribution in [0.15, 0.2) is 0 Å². The van der Waals surface area contributed by atoms with Crippen molar-refractivity contribution in [1.82, 2.24) is 5.32 Å². The van der Waals surface area contributed by atoms with Gasteiger partial charge in [0, 0.05) is 12.5 Å². The fourth-order valence-electron chi connectivity index (χ4n) is 2.47. The van der Waals surface area contributed by atoms with E-state index in [1.807, 2.05) is 0 Å². The van der Waals surface area contributed by atoms with Crippen molar-refractivity contribution in [1.29, 1.82) is 0 Å². The molecular formula is C13H26FN. The first-order valence-electron chi connectivity index (χ1n) is 6.56. The highest BCUT2D eigenvalue weighted by Gasteiger charge is 2.34. The predicted molar refractivity (Wildman–Crippen MR) is 63.9 cm³/mol. The number of rotatable bonds is 6. The van der Waals surface area contributed by atoms with Crippen molar-refractivity contribution >= 4 is 0 Å². The van der Waals surface area contributed by atoms with Gasteiger partial charge in [0.15, 0.2) is 0 Å². The number of unbranched alkanes of at least 4 members (excludes halogenated alkanes) is 3. The van der Waals surface area contributed by atoms with Crippen molar-refractivity contribution in [3.05, 3.63) is 0 Å². The van der Waals surface area contributed by atoms with Crippen LogP contribution in [-0.4, -0.2) is 18.8 Å². The summed E-state index contributed by atoms with van der Waals surface area (Å²) in [5, 5.41) is 3.30. The zero-order chi connectivity index (χ0) is 11.1. The lowest BCUT2D eigenvalue weighted by molar-refractivity contribution is 0.0707. The lowest BCUT2D eigenvalue weighted by atomic mass is 9.81. The Balaban J connectivity index is 2.23. The largest absolute Gasteiger partial charge is 0.316 e. The van der Waals surface area contributed by atoms with E-state index in [4.69, 9.17) is 0 Å². The molecule has 0 saturated carbocycles. The highest BCUT2D eigenvalue weighted by atomic mass is 19.1. The maximum Gasteiger partial charge on any atom is 0.112 e.